The Balaban J connectivity index is 2.63. The molecule has 0 radical (unpaired) electrons. The van der Waals surface area contributed by atoms with Gasteiger partial charge in [-0.2, -0.15) is 0 Å². The van der Waals surface area contributed by atoms with Gasteiger partial charge in [0, 0.05) is 11.8 Å². The van der Waals surface area contributed by atoms with Crippen molar-refractivity contribution in [2.75, 3.05) is 18.6 Å². The number of hydrogen-bond donors (Lipinski definition) is 1. The predicted molar refractivity (Wildman–Crippen MR) is 71.6 cm³/mol. The molecule has 18 heavy (non-hydrogen) atoms. The summed E-state index contributed by atoms with van der Waals surface area (Å²) >= 11 is 0. The van der Waals surface area contributed by atoms with Crippen molar-refractivity contribution in [1.29, 1.82) is 0 Å². The number of rotatable bonds is 6. The lowest BCUT2D eigenvalue weighted by molar-refractivity contribution is 0.191. The lowest BCUT2D eigenvalue weighted by Gasteiger charge is -2.14. The molecule has 1 atom stereocenters. The van der Waals surface area contributed by atoms with Crippen molar-refractivity contribution in [3.8, 4) is 5.75 Å². The van der Waals surface area contributed by atoms with Gasteiger partial charge in [-0.1, -0.05) is 12.1 Å². The van der Waals surface area contributed by atoms with E-state index in [0.29, 0.717) is 18.8 Å². The second kappa shape index (κ2) is 6.20. The fourth-order valence-corrected chi connectivity index (χ4v) is 2.26. The monoisotopic (exact) mass is 272 g/mol. The molecule has 4 nitrogen and oxygen atoms in total. The Hall–Kier alpha value is -1.07. The first-order valence-electron chi connectivity index (χ1n) is 5.89. The first-order valence-corrected chi connectivity index (χ1v) is 7.95. The van der Waals surface area contributed by atoms with E-state index in [4.69, 9.17) is 4.74 Å². The van der Waals surface area contributed by atoms with Crippen LogP contribution in [0.15, 0.2) is 18.2 Å². The second-order valence-electron chi connectivity index (χ2n) is 4.55. The summed E-state index contributed by atoms with van der Waals surface area (Å²) in [4.78, 5) is 0. The SMILES string of the molecule is Cc1ccc(C(C)O)c(OCCCS(C)(=O)=O)c1. The van der Waals surface area contributed by atoms with Crippen molar-refractivity contribution in [3.05, 3.63) is 29.3 Å². The average Bonchev–Trinajstić information content (AvgIpc) is 2.22. The third kappa shape index (κ3) is 5.06. The zero-order chi connectivity index (χ0) is 13.8. The molecule has 0 saturated carbocycles. The lowest BCUT2D eigenvalue weighted by Crippen LogP contribution is -2.09. The van der Waals surface area contributed by atoms with Crippen molar-refractivity contribution in [3.63, 3.8) is 0 Å². The van der Waals surface area contributed by atoms with Crippen LogP contribution in [0.25, 0.3) is 0 Å². The van der Waals surface area contributed by atoms with E-state index in [0.717, 1.165) is 11.1 Å². The van der Waals surface area contributed by atoms with Crippen LogP contribution in [0.1, 0.15) is 30.6 Å². The normalized spacial score (nSPS) is 13.3. The van der Waals surface area contributed by atoms with Gasteiger partial charge in [-0.15, -0.1) is 0 Å². The summed E-state index contributed by atoms with van der Waals surface area (Å²) in [6.45, 7) is 3.94. The van der Waals surface area contributed by atoms with Crippen molar-refractivity contribution in [1.82, 2.24) is 0 Å². The summed E-state index contributed by atoms with van der Waals surface area (Å²) < 4.78 is 27.5. The minimum Gasteiger partial charge on any atom is -0.493 e. The number of aryl methyl sites for hydroxylation is 1. The van der Waals surface area contributed by atoms with Crippen LogP contribution in [0.2, 0.25) is 0 Å². The Morgan fingerprint density at radius 2 is 2.06 bits per heavy atom. The summed E-state index contributed by atoms with van der Waals surface area (Å²) in [6.07, 6.45) is 1.06. The van der Waals surface area contributed by atoms with Gasteiger partial charge in [-0.05, 0) is 31.9 Å². The van der Waals surface area contributed by atoms with Crippen molar-refractivity contribution in [2.24, 2.45) is 0 Å². The zero-order valence-electron chi connectivity index (χ0n) is 11.0. The number of aliphatic hydroxyl groups is 1. The number of ether oxygens (including phenoxy) is 1. The summed E-state index contributed by atoms with van der Waals surface area (Å²) in [5, 5.41) is 9.61. The Morgan fingerprint density at radius 1 is 1.39 bits per heavy atom. The zero-order valence-corrected chi connectivity index (χ0v) is 11.8. The minimum absolute atomic E-state index is 0.114. The minimum atomic E-state index is -2.94. The molecular weight excluding hydrogens is 252 g/mol. The molecule has 0 saturated heterocycles. The molecule has 0 aromatic heterocycles. The highest BCUT2D eigenvalue weighted by molar-refractivity contribution is 7.90. The molecule has 0 aliphatic heterocycles. The molecule has 1 aromatic carbocycles. The van der Waals surface area contributed by atoms with Gasteiger partial charge in [-0.3, -0.25) is 0 Å². The van der Waals surface area contributed by atoms with E-state index >= 15 is 0 Å². The molecule has 1 aromatic rings. The van der Waals surface area contributed by atoms with Gasteiger partial charge >= 0.3 is 0 Å². The average molecular weight is 272 g/mol. The molecule has 0 heterocycles. The highest BCUT2D eigenvalue weighted by Gasteiger charge is 2.09. The van der Waals surface area contributed by atoms with E-state index in [1.54, 1.807) is 6.92 Å². The van der Waals surface area contributed by atoms with E-state index in [1.807, 2.05) is 25.1 Å². The van der Waals surface area contributed by atoms with Gasteiger partial charge in [0.05, 0.1) is 18.5 Å². The van der Waals surface area contributed by atoms with Crippen molar-refractivity contribution < 1.29 is 18.3 Å². The van der Waals surface area contributed by atoms with Gasteiger partial charge in [0.15, 0.2) is 0 Å². The van der Waals surface area contributed by atoms with Crippen LogP contribution in [-0.4, -0.2) is 32.1 Å². The Morgan fingerprint density at radius 3 is 2.61 bits per heavy atom. The maximum Gasteiger partial charge on any atom is 0.147 e. The Labute approximate surface area is 109 Å². The highest BCUT2D eigenvalue weighted by Crippen LogP contribution is 2.26. The third-order valence-corrected chi connectivity index (χ3v) is 3.57. The maximum absolute atomic E-state index is 11.0. The summed E-state index contributed by atoms with van der Waals surface area (Å²) in [5.41, 5.74) is 1.76. The first-order chi connectivity index (χ1) is 8.29. The predicted octanol–water partition coefficient (Wildman–Crippen LogP) is 1.86. The van der Waals surface area contributed by atoms with Crippen LogP contribution in [-0.2, 0) is 9.84 Å². The largest absolute Gasteiger partial charge is 0.493 e. The molecule has 0 fully saturated rings. The van der Waals surface area contributed by atoms with Gasteiger partial charge in [0.25, 0.3) is 0 Å². The number of hydrogen-bond acceptors (Lipinski definition) is 4. The quantitative estimate of drug-likeness (QED) is 0.803. The van der Waals surface area contributed by atoms with E-state index in [9.17, 15) is 13.5 Å². The second-order valence-corrected chi connectivity index (χ2v) is 6.81. The molecule has 0 aliphatic carbocycles. The molecule has 0 bridgehead atoms. The van der Waals surface area contributed by atoms with Crippen LogP contribution in [0.4, 0.5) is 0 Å². The van der Waals surface area contributed by atoms with E-state index < -0.39 is 15.9 Å². The van der Waals surface area contributed by atoms with Gasteiger partial charge in [0.2, 0.25) is 0 Å². The molecule has 0 amide bonds. The summed E-state index contributed by atoms with van der Waals surface area (Å²) in [7, 11) is -2.94. The molecule has 1 rings (SSSR count). The molecule has 5 heteroatoms. The van der Waals surface area contributed by atoms with Crippen LogP contribution < -0.4 is 4.74 Å². The maximum atomic E-state index is 11.0. The molecule has 1 unspecified atom stereocenters. The Kier molecular flexibility index (Phi) is 5.16. The first kappa shape index (κ1) is 15.0. The topological polar surface area (TPSA) is 63.6 Å². The standard InChI is InChI=1S/C13H20O4S/c1-10-5-6-12(11(2)14)13(9-10)17-7-4-8-18(3,15)16/h5-6,9,11,14H,4,7-8H2,1-3H3. The number of aliphatic hydroxyl groups excluding tert-OH is 1. The van der Waals surface area contributed by atoms with Crippen LogP contribution in [0, 0.1) is 6.92 Å². The van der Waals surface area contributed by atoms with E-state index in [1.165, 1.54) is 6.26 Å². The molecule has 102 valence electrons. The van der Waals surface area contributed by atoms with E-state index in [-0.39, 0.29) is 5.75 Å². The highest BCUT2D eigenvalue weighted by atomic mass is 32.2. The number of benzene rings is 1. The summed E-state index contributed by atoms with van der Waals surface area (Å²) in [5.74, 6) is 0.738. The fourth-order valence-electron chi connectivity index (χ4n) is 1.61. The molecule has 0 aliphatic rings. The lowest BCUT2D eigenvalue weighted by atomic mass is 10.1. The van der Waals surface area contributed by atoms with Crippen molar-refractivity contribution in [2.45, 2.75) is 26.4 Å². The van der Waals surface area contributed by atoms with Gasteiger partial charge < -0.3 is 9.84 Å². The molecular formula is C13H20O4S. The van der Waals surface area contributed by atoms with Crippen LogP contribution in [0.5, 0.6) is 5.75 Å². The smallest absolute Gasteiger partial charge is 0.147 e. The molecule has 1 N–H and O–H groups in total. The summed E-state index contributed by atoms with van der Waals surface area (Å²) in [6, 6.07) is 5.58. The van der Waals surface area contributed by atoms with Gasteiger partial charge in [-0.25, -0.2) is 8.42 Å². The van der Waals surface area contributed by atoms with Crippen molar-refractivity contribution >= 4 is 9.84 Å². The number of sulfone groups is 1. The van der Waals surface area contributed by atoms with E-state index in [2.05, 4.69) is 0 Å². The van der Waals surface area contributed by atoms with Crippen LogP contribution in [0.3, 0.4) is 0 Å². The molecule has 0 spiro atoms. The van der Waals surface area contributed by atoms with Gasteiger partial charge in [0.1, 0.15) is 15.6 Å². The Bertz CT molecular complexity index is 492. The fraction of sp³-hybridized carbons (Fsp3) is 0.538. The third-order valence-electron chi connectivity index (χ3n) is 2.54. The van der Waals surface area contributed by atoms with Crippen LogP contribution >= 0.6 is 0 Å².